The molecule has 1 aliphatic rings. The van der Waals surface area contributed by atoms with E-state index in [2.05, 4.69) is 5.32 Å². The molecule has 0 bridgehead atoms. The fraction of sp³-hybridized carbons (Fsp3) is 0.750. The summed E-state index contributed by atoms with van der Waals surface area (Å²) in [5.41, 5.74) is 0. The Balaban J connectivity index is 2.42. The molecular formula is C12H20N2O7. The Morgan fingerprint density at radius 2 is 1.86 bits per heavy atom. The van der Waals surface area contributed by atoms with Crippen molar-refractivity contribution >= 4 is 18.0 Å². The number of urea groups is 1. The molecule has 1 atom stereocenters. The van der Waals surface area contributed by atoms with Gasteiger partial charge in [-0.3, -0.25) is 4.79 Å². The zero-order valence-corrected chi connectivity index (χ0v) is 11.5. The summed E-state index contributed by atoms with van der Waals surface area (Å²) >= 11 is 0. The number of ether oxygens (including phenoxy) is 1. The summed E-state index contributed by atoms with van der Waals surface area (Å²) in [6, 6.07) is -2.04. The molecule has 9 heteroatoms. The van der Waals surface area contributed by atoms with Gasteiger partial charge in [0.1, 0.15) is 6.04 Å². The summed E-state index contributed by atoms with van der Waals surface area (Å²) in [4.78, 5) is 34.8. The van der Waals surface area contributed by atoms with Gasteiger partial charge in [-0.2, -0.15) is 0 Å². The highest BCUT2D eigenvalue weighted by Gasteiger charge is 2.28. The molecule has 0 saturated carbocycles. The number of carboxylic acid groups (broad SMARTS) is 2. The highest BCUT2D eigenvalue weighted by molar-refractivity contribution is 5.86. The second-order valence-corrected chi connectivity index (χ2v) is 4.72. The molecule has 4 N–H and O–H groups in total. The standard InChI is InChI=1S/C12H20N2O7/c15-5-6-21-8-1-3-14(4-2-8)12(20)13-9(11(18)19)7-10(16)17/h8-9,15H,1-7H2,(H,13,20)(H,16,17)(H,18,19)/t9-/m0/s1. The maximum Gasteiger partial charge on any atom is 0.326 e. The van der Waals surface area contributed by atoms with Crippen LogP contribution in [0.1, 0.15) is 19.3 Å². The van der Waals surface area contributed by atoms with Gasteiger partial charge in [-0.25, -0.2) is 9.59 Å². The first kappa shape index (κ1) is 17.2. The van der Waals surface area contributed by atoms with Crippen LogP contribution in [0.25, 0.3) is 0 Å². The Morgan fingerprint density at radius 1 is 1.24 bits per heavy atom. The zero-order chi connectivity index (χ0) is 15.8. The van der Waals surface area contributed by atoms with Gasteiger partial charge < -0.3 is 30.3 Å². The molecular weight excluding hydrogens is 284 g/mol. The lowest BCUT2D eigenvalue weighted by Gasteiger charge is -2.32. The lowest BCUT2D eigenvalue weighted by Crippen LogP contribution is -2.51. The quantitative estimate of drug-likeness (QED) is 0.478. The third-order valence-electron chi connectivity index (χ3n) is 3.15. The number of piperidine rings is 1. The van der Waals surface area contributed by atoms with Gasteiger partial charge in [0, 0.05) is 13.1 Å². The average molecular weight is 304 g/mol. The molecule has 1 heterocycles. The van der Waals surface area contributed by atoms with Crippen molar-refractivity contribution in [2.75, 3.05) is 26.3 Å². The Kier molecular flexibility index (Phi) is 6.89. The maximum atomic E-state index is 11.9. The Labute approximate surface area is 121 Å². The summed E-state index contributed by atoms with van der Waals surface area (Å²) < 4.78 is 5.35. The van der Waals surface area contributed by atoms with Crippen molar-refractivity contribution in [3.05, 3.63) is 0 Å². The zero-order valence-electron chi connectivity index (χ0n) is 11.5. The predicted octanol–water partition coefficient (Wildman–Crippen LogP) is -0.903. The smallest absolute Gasteiger partial charge is 0.326 e. The SMILES string of the molecule is O=C(O)C[C@H](NC(=O)N1CCC(OCCO)CC1)C(=O)O. The summed E-state index contributed by atoms with van der Waals surface area (Å²) in [6.45, 7) is 0.968. The Hall–Kier alpha value is -1.87. The topological polar surface area (TPSA) is 136 Å². The molecule has 1 rings (SSSR count). The highest BCUT2D eigenvalue weighted by Crippen LogP contribution is 2.13. The number of aliphatic carboxylic acids is 2. The number of carboxylic acids is 2. The second kappa shape index (κ2) is 8.42. The van der Waals surface area contributed by atoms with E-state index in [1.165, 1.54) is 4.90 Å². The van der Waals surface area contributed by atoms with Gasteiger partial charge in [0.15, 0.2) is 0 Å². The molecule has 0 aromatic carbocycles. The minimum absolute atomic E-state index is 0.0320. The number of likely N-dealkylation sites (tertiary alicyclic amines) is 1. The molecule has 0 aliphatic carbocycles. The second-order valence-electron chi connectivity index (χ2n) is 4.72. The van der Waals surface area contributed by atoms with Gasteiger partial charge in [-0.1, -0.05) is 0 Å². The van der Waals surface area contributed by atoms with E-state index in [9.17, 15) is 14.4 Å². The number of nitrogens with one attached hydrogen (secondary N) is 1. The monoisotopic (exact) mass is 304 g/mol. The van der Waals surface area contributed by atoms with Crippen LogP contribution >= 0.6 is 0 Å². The predicted molar refractivity (Wildman–Crippen MR) is 69.8 cm³/mol. The first-order chi connectivity index (χ1) is 9.93. The molecule has 1 aliphatic heterocycles. The largest absolute Gasteiger partial charge is 0.481 e. The average Bonchev–Trinajstić information content (AvgIpc) is 2.44. The fourth-order valence-corrected chi connectivity index (χ4v) is 2.06. The number of carbonyl (C=O) groups excluding carboxylic acids is 1. The Bertz CT molecular complexity index is 380. The van der Waals surface area contributed by atoms with Gasteiger partial charge in [-0.15, -0.1) is 0 Å². The van der Waals surface area contributed by atoms with Crippen LogP contribution in [0.5, 0.6) is 0 Å². The third-order valence-corrected chi connectivity index (χ3v) is 3.15. The van der Waals surface area contributed by atoms with Crippen molar-refractivity contribution in [3.8, 4) is 0 Å². The molecule has 21 heavy (non-hydrogen) atoms. The number of aliphatic hydroxyl groups excluding tert-OH is 1. The molecule has 2 amide bonds. The van der Waals surface area contributed by atoms with Gasteiger partial charge in [0.2, 0.25) is 0 Å². The van der Waals surface area contributed by atoms with Crippen LogP contribution in [0.3, 0.4) is 0 Å². The summed E-state index contributed by atoms with van der Waals surface area (Å²) in [5.74, 6) is -2.68. The van der Waals surface area contributed by atoms with Crippen molar-refractivity contribution in [2.24, 2.45) is 0 Å². The highest BCUT2D eigenvalue weighted by atomic mass is 16.5. The molecule has 9 nitrogen and oxygen atoms in total. The van der Waals surface area contributed by atoms with E-state index in [4.69, 9.17) is 20.1 Å². The van der Waals surface area contributed by atoms with E-state index in [0.29, 0.717) is 25.9 Å². The fourth-order valence-electron chi connectivity index (χ4n) is 2.06. The first-order valence-corrected chi connectivity index (χ1v) is 6.66. The van der Waals surface area contributed by atoms with E-state index >= 15 is 0 Å². The van der Waals surface area contributed by atoms with Crippen molar-refractivity contribution in [1.29, 1.82) is 0 Å². The van der Waals surface area contributed by atoms with Crippen molar-refractivity contribution in [3.63, 3.8) is 0 Å². The number of amides is 2. The van der Waals surface area contributed by atoms with Crippen molar-refractivity contribution in [2.45, 2.75) is 31.4 Å². The van der Waals surface area contributed by atoms with Crippen LogP contribution in [0.4, 0.5) is 4.79 Å². The number of carbonyl (C=O) groups is 3. The molecule has 0 radical (unpaired) electrons. The van der Waals surface area contributed by atoms with Crippen LogP contribution in [0.15, 0.2) is 0 Å². The van der Waals surface area contributed by atoms with E-state index < -0.39 is 30.4 Å². The summed E-state index contributed by atoms with van der Waals surface area (Å²) in [5, 5.41) is 28.3. The number of hydrogen-bond donors (Lipinski definition) is 4. The van der Waals surface area contributed by atoms with Gasteiger partial charge in [0.25, 0.3) is 0 Å². The lowest BCUT2D eigenvalue weighted by molar-refractivity contribution is -0.145. The Morgan fingerprint density at radius 3 is 2.33 bits per heavy atom. The molecule has 0 spiro atoms. The van der Waals surface area contributed by atoms with Crippen LogP contribution in [0, 0.1) is 0 Å². The van der Waals surface area contributed by atoms with Crippen molar-refractivity contribution < 1.29 is 34.4 Å². The molecule has 0 aromatic heterocycles. The van der Waals surface area contributed by atoms with E-state index in [1.54, 1.807) is 0 Å². The molecule has 0 unspecified atom stereocenters. The molecule has 0 aromatic rings. The molecule has 120 valence electrons. The van der Waals surface area contributed by atoms with Crippen LogP contribution in [0.2, 0.25) is 0 Å². The number of nitrogens with zero attached hydrogens (tertiary/aromatic N) is 1. The third kappa shape index (κ3) is 5.96. The lowest BCUT2D eigenvalue weighted by atomic mass is 10.1. The number of rotatable bonds is 7. The van der Waals surface area contributed by atoms with Gasteiger partial charge >= 0.3 is 18.0 Å². The summed E-state index contributed by atoms with van der Waals surface area (Å²) in [7, 11) is 0. The van der Waals surface area contributed by atoms with Crippen LogP contribution in [-0.2, 0) is 14.3 Å². The molecule has 1 fully saturated rings. The van der Waals surface area contributed by atoms with Gasteiger partial charge in [0.05, 0.1) is 25.7 Å². The minimum Gasteiger partial charge on any atom is -0.481 e. The number of hydrogen-bond acceptors (Lipinski definition) is 5. The van der Waals surface area contributed by atoms with Crippen molar-refractivity contribution in [1.82, 2.24) is 10.2 Å². The maximum absolute atomic E-state index is 11.9. The van der Waals surface area contributed by atoms with E-state index in [1.807, 2.05) is 0 Å². The summed E-state index contributed by atoms with van der Waals surface area (Å²) in [6.07, 6.45) is 0.473. The first-order valence-electron chi connectivity index (χ1n) is 6.66. The molecule has 1 saturated heterocycles. The normalized spacial score (nSPS) is 17.3. The van der Waals surface area contributed by atoms with Crippen LogP contribution < -0.4 is 5.32 Å². The van der Waals surface area contributed by atoms with Gasteiger partial charge in [-0.05, 0) is 12.8 Å². The van der Waals surface area contributed by atoms with Crippen LogP contribution in [-0.4, -0.2) is 76.6 Å². The number of aliphatic hydroxyl groups is 1. The van der Waals surface area contributed by atoms with E-state index in [0.717, 1.165) is 0 Å². The van der Waals surface area contributed by atoms with E-state index in [-0.39, 0.29) is 19.3 Å². The minimum atomic E-state index is -1.45.